The molecule has 0 aromatic rings. The van der Waals surface area contributed by atoms with Gasteiger partial charge in [-0.1, -0.05) is 6.08 Å². The van der Waals surface area contributed by atoms with Gasteiger partial charge in [0.15, 0.2) is 5.78 Å². The first-order chi connectivity index (χ1) is 4.86. The van der Waals surface area contributed by atoms with Gasteiger partial charge in [0.25, 0.3) is 0 Å². The van der Waals surface area contributed by atoms with Crippen molar-refractivity contribution >= 4 is 17.5 Å². The van der Waals surface area contributed by atoms with Crippen molar-refractivity contribution in [2.24, 2.45) is 0 Å². The Bertz CT molecular complexity index is 238. The van der Waals surface area contributed by atoms with Crippen LogP contribution in [0.1, 0.15) is 12.8 Å². The molecule has 0 bridgehead atoms. The minimum Gasteiger partial charge on any atom is -0.294 e. The summed E-state index contributed by atoms with van der Waals surface area (Å²) in [5, 5.41) is 0. The van der Waals surface area contributed by atoms with Gasteiger partial charge >= 0.3 is 0 Å². The first-order valence-corrected chi connectivity index (χ1v) is 4.41. The Hall–Kier alpha value is -0.500. The zero-order valence-corrected chi connectivity index (χ0v) is 6.41. The lowest BCUT2D eigenvalue weighted by atomic mass is 10.0. The van der Waals surface area contributed by atoms with Crippen LogP contribution < -0.4 is 0 Å². The van der Waals surface area contributed by atoms with E-state index in [1.165, 1.54) is 10.5 Å². The molecule has 0 unspecified atom stereocenters. The van der Waals surface area contributed by atoms with Crippen molar-refractivity contribution in [3.05, 3.63) is 22.6 Å². The summed E-state index contributed by atoms with van der Waals surface area (Å²) in [6.07, 6.45) is 5.55. The van der Waals surface area contributed by atoms with Crippen LogP contribution in [0.25, 0.3) is 0 Å². The molecule has 1 fully saturated rings. The number of rotatable bonds is 0. The van der Waals surface area contributed by atoms with Crippen molar-refractivity contribution in [3.8, 4) is 0 Å². The summed E-state index contributed by atoms with van der Waals surface area (Å²) in [7, 11) is 0. The molecule has 0 spiro atoms. The maximum absolute atomic E-state index is 10.9. The van der Waals surface area contributed by atoms with Gasteiger partial charge in [-0.15, -0.1) is 11.8 Å². The van der Waals surface area contributed by atoms with E-state index >= 15 is 0 Å². The molecule has 0 saturated carbocycles. The number of carbonyl (C=O) groups excluding carboxylic acids is 1. The molecule has 0 aromatic heterocycles. The van der Waals surface area contributed by atoms with Crippen molar-refractivity contribution in [3.63, 3.8) is 0 Å². The van der Waals surface area contributed by atoms with Crippen molar-refractivity contribution in [1.82, 2.24) is 0 Å². The minimum atomic E-state index is 0.265. The van der Waals surface area contributed by atoms with Gasteiger partial charge in [0, 0.05) is 17.1 Å². The molecule has 0 amide bonds. The highest BCUT2D eigenvalue weighted by atomic mass is 32.2. The molecule has 1 aliphatic heterocycles. The Morgan fingerprint density at radius 2 is 2.40 bits per heavy atom. The zero-order valence-electron chi connectivity index (χ0n) is 5.59. The first kappa shape index (κ1) is 6.23. The smallest absolute Gasteiger partial charge is 0.159 e. The second-order valence-electron chi connectivity index (χ2n) is 2.51. The lowest BCUT2D eigenvalue weighted by Crippen LogP contribution is -1.97. The molecule has 1 heterocycles. The summed E-state index contributed by atoms with van der Waals surface area (Å²) >= 11 is 1.87. The molecule has 1 nitrogen and oxygen atoms in total. The molecule has 0 atom stereocenters. The van der Waals surface area contributed by atoms with Gasteiger partial charge in [0.1, 0.15) is 0 Å². The van der Waals surface area contributed by atoms with Gasteiger partial charge in [0.2, 0.25) is 0 Å². The van der Waals surface area contributed by atoms with E-state index in [9.17, 15) is 4.79 Å². The van der Waals surface area contributed by atoms with Crippen LogP contribution >= 0.6 is 11.8 Å². The largest absolute Gasteiger partial charge is 0.294 e. The maximum atomic E-state index is 10.9. The van der Waals surface area contributed by atoms with Crippen molar-refractivity contribution in [1.29, 1.82) is 0 Å². The number of ketones is 1. The van der Waals surface area contributed by atoms with Crippen LogP contribution in [0.3, 0.4) is 0 Å². The molecule has 1 saturated heterocycles. The molecule has 2 rings (SSSR count). The number of hydrogen-bond donors (Lipinski definition) is 0. The Morgan fingerprint density at radius 1 is 1.50 bits per heavy atom. The van der Waals surface area contributed by atoms with E-state index in [4.69, 9.17) is 0 Å². The van der Waals surface area contributed by atoms with E-state index in [2.05, 4.69) is 6.08 Å². The molecule has 0 aromatic carbocycles. The monoisotopic (exact) mass is 152 g/mol. The topological polar surface area (TPSA) is 17.1 Å². The average Bonchev–Trinajstić information content (AvgIpc) is 2.33. The summed E-state index contributed by atoms with van der Waals surface area (Å²) < 4.78 is 0. The predicted molar refractivity (Wildman–Crippen MR) is 42.9 cm³/mol. The van der Waals surface area contributed by atoms with Crippen LogP contribution in [-0.4, -0.2) is 11.5 Å². The maximum Gasteiger partial charge on any atom is 0.159 e. The fourth-order valence-corrected chi connectivity index (χ4v) is 2.36. The molecule has 0 radical (unpaired) electrons. The van der Waals surface area contributed by atoms with Gasteiger partial charge in [-0.3, -0.25) is 4.79 Å². The van der Waals surface area contributed by atoms with Gasteiger partial charge < -0.3 is 0 Å². The Balaban J connectivity index is 2.35. The number of allylic oxidation sites excluding steroid dienone is 3. The summed E-state index contributed by atoms with van der Waals surface area (Å²) in [5.74, 6) is 1.42. The Kier molecular flexibility index (Phi) is 1.42. The van der Waals surface area contributed by atoms with Crippen LogP contribution in [0.5, 0.6) is 0 Å². The fourth-order valence-electron chi connectivity index (χ4n) is 1.27. The summed E-state index contributed by atoms with van der Waals surface area (Å²) in [6, 6.07) is 0. The van der Waals surface area contributed by atoms with E-state index in [0.717, 1.165) is 12.2 Å². The molecule has 0 N–H and O–H groups in total. The average molecular weight is 152 g/mol. The van der Waals surface area contributed by atoms with Gasteiger partial charge in [0.05, 0.1) is 0 Å². The number of carbonyl (C=O) groups is 1. The molecule has 2 heteroatoms. The van der Waals surface area contributed by atoms with E-state index < -0.39 is 0 Å². The highest BCUT2D eigenvalue weighted by Crippen LogP contribution is 2.37. The van der Waals surface area contributed by atoms with Gasteiger partial charge in [-0.05, 0) is 18.1 Å². The fraction of sp³-hybridized carbons (Fsp3) is 0.375. The third-order valence-corrected chi connectivity index (χ3v) is 2.92. The summed E-state index contributed by atoms with van der Waals surface area (Å²) in [4.78, 5) is 12.2. The number of thioether (sulfide) groups is 1. The van der Waals surface area contributed by atoms with Gasteiger partial charge in [-0.25, -0.2) is 0 Å². The van der Waals surface area contributed by atoms with E-state index in [-0.39, 0.29) is 5.78 Å². The molecule has 1 aliphatic carbocycles. The number of fused-ring (bicyclic) bond motifs is 1. The normalized spacial score (nSPS) is 23.8. The highest BCUT2D eigenvalue weighted by molar-refractivity contribution is 8.03. The van der Waals surface area contributed by atoms with E-state index in [1.54, 1.807) is 6.08 Å². The first-order valence-electron chi connectivity index (χ1n) is 3.43. The SMILES string of the molecule is O=C1C=C2CCSC2=CC1. The number of hydrogen-bond acceptors (Lipinski definition) is 2. The van der Waals surface area contributed by atoms with Crippen molar-refractivity contribution in [2.45, 2.75) is 12.8 Å². The van der Waals surface area contributed by atoms with Crippen LogP contribution in [0, 0.1) is 0 Å². The van der Waals surface area contributed by atoms with Crippen LogP contribution in [0.4, 0.5) is 0 Å². The third-order valence-electron chi connectivity index (χ3n) is 1.77. The van der Waals surface area contributed by atoms with Crippen molar-refractivity contribution < 1.29 is 4.79 Å². The second kappa shape index (κ2) is 2.27. The predicted octanol–water partition coefficient (Wildman–Crippen LogP) is 1.91. The molecular weight excluding hydrogens is 144 g/mol. The lowest BCUT2D eigenvalue weighted by molar-refractivity contribution is -0.113. The van der Waals surface area contributed by atoms with E-state index in [1.807, 2.05) is 11.8 Å². The van der Waals surface area contributed by atoms with E-state index in [0.29, 0.717) is 6.42 Å². The Labute approximate surface area is 64.2 Å². The van der Waals surface area contributed by atoms with Gasteiger partial charge in [-0.2, -0.15) is 0 Å². The lowest BCUT2D eigenvalue weighted by Gasteiger charge is -2.03. The minimum absolute atomic E-state index is 0.265. The zero-order chi connectivity index (χ0) is 6.97. The third kappa shape index (κ3) is 0.926. The Morgan fingerprint density at radius 3 is 3.30 bits per heavy atom. The molecular formula is C8H8OS. The second-order valence-corrected chi connectivity index (χ2v) is 3.64. The quantitative estimate of drug-likeness (QED) is 0.527. The van der Waals surface area contributed by atoms with Crippen molar-refractivity contribution in [2.75, 3.05) is 5.75 Å². The highest BCUT2D eigenvalue weighted by Gasteiger charge is 2.18. The molecule has 52 valence electrons. The summed E-state index contributed by atoms with van der Waals surface area (Å²) in [6.45, 7) is 0. The van der Waals surface area contributed by atoms with Crippen LogP contribution in [-0.2, 0) is 4.79 Å². The standard InChI is InChI=1S/C8H8OS/c9-7-1-2-8-6(5-7)3-4-10-8/h2,5H,1,3-4H2. The molecule has 10 heavy (non-hydrogen) atoms. The van der Waals surface area contributed by atoms with Crippen LogP contribution in [0.15, 0.2) is 22.6 Å². The van der Waals surface area contributed by atoms with Crippen LogP contribution in [0.2, 0.25) is 0 Å². The summed E-state index contributed by atoms with van der Waals surface area (Å²) in [5.41, 5.74) is 1.27. The molecule has 2 aliphatic rings.